The Kier molecular flexibility index (Phi) is 3.13. The van der Waals surface area contributed by atoms with Gasteiger partial charge in [-0.1, -0.05) is 6.07 Å². The van der Waals surface area contributed by atoms with E-state index in [1.807, 2.05) is 30.0 Å². The first-order valence-corrected chi connectivity index (χ1v) is 6.72. The topological polar surface area (TPSA) is 53.7 Å². The molecule has 0 aliphatic carbocycles. The minimum atomic E-state index is 0.0371. The van der Waals surface area contributed by atoms with Crippen LogP contribution >= 0.6 is 11.8 Å². The van der Waals surface area contributed by atoms with Crippen LogP contribution in [0.2, 0.25) is 0 Å². The second-order valence-corrected chi connectivity index (χ2v) is 5.55. The van der Waals surface area contributed by atoms with Gasteiger partial charge in [-0.15, -0.1) is 0 Å². The summed E-state index contributed by atoms with van der Waals surface area (Å²) in [6.07, 6.45) is 0. The average Bonchev–Trinajstić information content (AvgIpc) is 2.73. The van der Waals surface area contributed by atoms with E-state index in [0.29, 0.717) is 12.0 Å². The summed E-state index contributed by atoms with van der Waals surface area (Å²) in [5.41, 5.74) is 7.26. The van der Waals surface area contributed by atoms with Crippen LogP contribution in [0.1, 0.15) is 11.6 Å². The van der Waals surface area contributed by atoms with Gasteiger partial charge in [0.15, 0.2) is 11.5 Å². The molecule has 0 radical (unpaired) electrons. The van der Waals surface area contributed by atoms with Crippen molar-refractivity contribution in [1.82, 2.24) is 0 Å². The Balaban J connectivity index is 1.62. The number of rotatable bonds is 4. The van der Waals surface area contributed by atoms with E-state index >= 15 is 0 Å². The highest BCUT2D eigenvalue weighted by Gasteiger charge is 2.21. The summed E-state index contributed by atoms with van der Waals surface area (Å²) < 4.78 is 15.8. The molecule has 3 rings (SSSR count). The molecule has 2 heterocycles. The molecule has 2 aliphatic rings. The number of ether oxygens (including phenoxy) is 3. The molecular formula is C12H15NO3S. The highest BCUT2D eigenvalue weighted by Crippen LogP contribution is 2.34. The van der Waals surface area contributed by atoms with Crippen molar-refractivity contribution in [3.8, 4) is 11.5 Å². The molecule has 5 heteroatoms. The van der Waals surface area contributed by atoms with E-state index in [4.69, 9.17) is 19.9 Å². The van der Waals surface area contributed by atoms with Crippen LogP contribution in [0.4, 0.5) is 0 Å². The van der Waals surface area contributed by atoms with Crippen molar-refractivity contribution in [2.24, 2.45) is 5.73 Å². The van der Waals surface area contributed by atoms with E-state index in [-0.39, 0.29) is 6.04 Å². The predicted molar refractivity (Wildman–Crippen MR) is 66.6 cm³/mol. The third-order valence-electron chi connectivity index (χ3n) is 2.94. The maximum atomic E-state index is 6.16. The van der Waals surface area contributed by atoms with Gasteiger partial charge in [-0.3, -0.25) is 0 Å². The molecule has 1 saturated heterocycles. The molecule has 1 aromatic rings. The van der Waals surface area contributed by atoms with Crippen LogP contribution in [0.3, 0.4) is 0 Å². The van der Waals surface area contributed by atoms with Crippen LogP contribution in [0.15, 0.2) is 18.2 Å². The normalized spacial score (nSPS) is 20.1. The van der Waals surface area contributed by atoms with Crippen LogP contribution in [-0.4, -0.2) is 31.0 Å². The average molecular weight is 253 g/mol. The summed E-state index contributed by atoms with van der Waals surface area (Å²) in [6, 6.07) is 5.95. The van der Waals surface area contributed by atoms with Crippen molar-refractivity contribution in [3.63, 3.8) is 0 Å². The summed E-state index contributed by atoms with van der Waals surface area (Å²) in [6.45, 7) is 2.03. The molecule has 92 valence electrons. The van der Waals surface area contributed by atoms with Gasteiger partial charge in [0, 0.05) is 11.8 Å². The van der Waals surface area contributed by atoms with Gasteiger partial charge in [-0.2, -0.15) is 11.8 Å². The molecule has 2 N–H and O–H groups in total. The second kappa shape index (κ2) is 4.76. The fourth-order valence-electron chi connectivity index (χ4n) is 1.79. The molecule has 2 aliphatic heterocycles. The van der Waals surface area contributed by atoms with Gasteiger partial charge >= 0.3 is 0 Å². The Morgan fingerprint density at radius 3 is 2.88 bits per heavy atom. The lowest BCUT2D eigenvalue weighted by Crippen LogP contribution is -2.31. The number of hydrogen-bond acceptors (Lipinski definition) is 5. The zero-order valence-electron chi connectivity index (χ0n) is 9.43. The van der Waals surface area contributed by atoms with E-state index < -0.39 is 0 Å². The van der Waals surface area contributed by atoms with Crippen molar-refractivity contribution in [2.75, 3.05) is 25.8 Å². The van der Waals surface area contributed by atoms with Crippen LogP contribution in [0.5, 0.6) is 11.5 Å². The largest absolute Gasteiger partial charge is 0.454 e. The van der Waals surface area contributed by atoms with Crippen molar-refractivity contribution in [3.05, 3.63) is 23.8 Å². The van der Waals surface area contributed by atoms with Gasteiger partial charge < -0.3 is 19.9 Å². The van der Waals surface area contributed by atoms with Crippen LogP contribution in [-0.2, 0) is 4.74 Å². The third-order valence-corrected chi connectivity index (χ3v) is 4.24. The van der Waals surface area contributed by atoms with Crippen LogP contribution in [0.25, 0.3) is 0 Å². The van der Waals surface area contributed by atoms with E-state index in [1.165, 1.54) is 0 Å². The van der Waals surface area contributed by atoms with Gasteiger partial charge in [0.05, 0.1) is 18.5 Å². The number of nitrogens with two attached hydrogens (primary N) is 1. The van der Waals surface area contributed by atoms with Crippen molar-refractivity contribution in [1.29, 1.82) is 0 Å². The predicted octanol–water partition coefficient (Wildman–Crippen LogP) is 1.55. The van der Waals surface area contributed by atoms with Crippen molar-refractivity contribution in [2.45, 2.75) is 11.3 Å². The van der Waals surface area contributed by atoms with E-state index in [9.17, 15) is 0 Å². The third kappa shape index (κ3) is 2.36. The molecule has 1 fully saturated rings. The smallest absolute Gasteiger partial charge is 0.231 e. The molecule has 0 bridgehead atoms. The minimum Gasteiger partial charge on any atom is -0.454 e. The number of fused-ring (bicyclic) bond motifs is 1. The molecule has 0 spiro atoms. The van der Waals surface area contributed by atoms with E-state index in [0.717, 1.165) is 36.0 Å². The fourth-order valence-corrected chi connectivity index (χ4v) is 2.85. The summed E-state index contributed by atoms with van der Waals surface area (Å²) in [7, 11) is 0. The number of benzene rings is 1. The zero-order valence-corrected chi connectivity index (χ0v) is 10.2. The van der Waals surface area contributed by atoms with Crippen molar-refractivity contribution < 1.29 is 14.2 Å². The zero-order chi connectivity index (χ0) is 11.7. The van der Waals surface area contributed by atoms with E-state index in [1.54, 1.807) is 0 Å². The van der Waals surface area contributed by atoms with Crippen LogP contribution in [0, 0.1) is 0 Å². The summed E-state index contributed by atoms with van der Waals surface area (Å²) in [4.78, 5) is 0. The first-order valence-electron chi connectivity index (χ1n) is 5.67. The molecular weight excluding hydrogens is 238 g/mol. The standard InChI is InChI=1S/C12H15NO3S/c13-10(6-17-9-4-14-5-9)8-1-2-11-12(3-8)16-7-15-11/h1-3,9-10H,4-7,13H2. The minimum absolute atomic E-state index is 0.0371. The Morgan fingerprint density at radius 2 is 2.12 bits per heavy atom. The molecule has 1 aromatic carbocycles. The molecule has 17 heavy (non-hydrogen) atoms. The summed E-state index contributed by atoms with van der Waals surface area (Å²) in [5, 5.41) is 0.620. The van der Waals surface area contributed by atoms with Gasteiger partial charge in [0.1, 0.15) is 0 Å². The van der Waals surface area contributed by atoms with E-state index in [2.05, 4.69) is 0 Å². The van der Waals surface area contributed by atoms with Gasteiger partial charge in [0.25, 0.3) is 0 Å². The molecule has 1 unspecified atom stereocenters. The number of thioether (sulfide) groups is 1. The second-order valence-electron chi connectivity index (χ2n) is 4.21. The Morgan fingerprint density at radius 1 is 1.29 bits per heavy atom. The maximum Gasteiger partial charge on any atom is 0.231 e. The quantitative estimate of drug-likeness (QED) is 0.882. The summed E-state index contributed by atoms with van der Waals surface area (Å²) in [5.74, 6) is 2.52. The van der Waals surface area contributed by atoms with Gasteiger partial charge in [0.2, 0.25) is 6.79 Å². The molecule has 1 atom stereocenters. The number of hydrogen-bond donors (Lipinski definition) is 1. The molecule has 0 aromatic heterocycles. The first-order chi connectivity index (χ1) is 8.33. The van der Waals surface area contributed by atoms with Crippen LogP contribution < -0.4 is 15.2 Å². The Labute approximate surface area is 104 Å². The summed E-state index contributed by atoms with van der Waals surface area (Å²) >= 11 is 1.88. The fraction of sp³-hybridized carbons (Fsp3) is 0.500. The van der Waals surface area contributed by atoms with Gasteiger partial charge in [-0.25, -0.2) is 0 Å². The lowest BCUT2D eigenvalue weighted by molar-refractivity contribution is 0.0455. The maximum absolute atomic E-state index is 6.16. The highest BCUT2D eigenvalue weighted by molar-refractivity contribution is 8.00. The van der Waals surface area contributed by atoms with Gasteiger partial charge in [-0.05, 0) is 17.7 Å². The first kappa shape index (κ1) is 11.2. The van der Waals surface area contributed by atoms with Crippen molar-refractivity contribution >= 4 is 11.8 Å². The highest BCUT2D eigenvalue weighted by atomic mass is 32.2. The lowest BCUT2D eigenvalue weighted by Gasteiger charge is -2.26. The Hall–Kier alpha value is -0.910. The molecule has 0 amide bonds. The lowest BCUT2D eigenvalue weighted by atomic mass is 10.1. The molecule has 0 saturated carbocycles. The Bertz CT molecular complexity index is 409. The molecule has 4 nitrogen and oxygen atoms in total. The SMILES string of the molecule is NC(CSC1COC1)c1ccc2c(c1)OCO2. The monoisotopic (exact) mass is 253 g/mol.